The number of hydrogen-bond donors (Lipinski definition) is 6. The molecule has 1 aliphatic rings. The molecule has 0 aromatic rings. The molecule has 0 aromatic heterocycles. The highest BCUT2D eigenvalue weighted by atomic mass is 16.7. The van der Waals surface area contributed by atoms with Crippen LogP contribution in [0.15, 0.2) is 12.2 Å². The van der Waals surface area contributed by atoms with Gasteiger partial charge in [0.15, 0.2) is 6.29 Å². The largest absolute Gasteiger partial charge is 0.394 e. The molecule has 1 rings (SSSR count). The van der Waals surface area contributed by atoms with E-state index in [4.69, 9.17) is 9.47 Å². The van der Waals surface area contributed by atoms with Gasteiger partial charge < -0.3 is 40.3 Å². The number of carbonyl (C=O) groups excluding carboxylic acids is 1. The van der Waals surface area contributed by atoms with E-state index >= 15 is 0 Å². The first-order valence-corrected chi connectivity index (χ1v) is 11.4. The first-order valence-electron chi connectivity index (χ1n) is 11.4. The number of unbranched alkanes of at least 4 members (excludes halogenated alkanes) is 5. The van der Waals surface area contributed by atoms with Gasteiger partial charge in [-0.25, -0.2) is 0 Å². The van der Waals surface area contributed by atoms with Crippen LogP contribution in [-0.4, -0.2) is 87.5 Å². The first-order chi connectivity index (χ1) is 14.8. The summed E-state index contributed by atoms with van der Waals surface area (Å²) in [5, 5.41) is 52.5. The fourth-order valence-electron chi connectivity index (χ4n) is 3.33. The highest BCUT2D eigenvalue weighted by Crippen LogP contribution is 2.22. The summed E-state index contributed by atoms with van der Waals surface area (Å²) in [6, 6.07) is -0.788. The first kappa shape index (κ1) is 28.0. The molecule has 0 radical (unpaired) electrons. The molecule has 1 aliphatic heterocycles. The number of allylic oxidation sites excluding steroid dienone is 1. The minimum Gasteiger partial charge on any atom is -0.394 e. The van der Waals surface area contributed by atoms with Gasteiger partial charge in [0.1, 0.15) is 24.4 Å². The number of hydrogen-bond acceptors (Lipinski definition) is 8. The summed E-state index contributed by atoms with van der Waals surface area (Å²) in [5.41, 5.74) is 0. The van der Waals surface area contributed by atoms with Gasteiger partial charge >= 0.3 is 0 Å². The third kappa shape index (κ3) is 9.95. The van der Waals surface area contributed by atoms with E-state index in [0.717, 1.165) is 44.9 Å². The van der Waals surface area contributed by atoms with E-state index in [2.05, 4.69) is 12.2 Å². The summed E-state index contributed by atoms with van der Waals surface area (Å²) in [4.78, 5) is 12.3. The fraction of sp³-hybridized carbons (Fsp3) is 0.864. The number of rotatable bonds is 15. The Morgan fingerprint density at radius 2 is 1.74 bits per heavy atom. The predicted molar refractivity (Wildman–Crippen MR) is 115 cm³/mol. The standard InChI is InChI=1S/C22H41NO8/c1-3-5-7-8-10-11-16(25)15(23-18(26)12-9-6-4-2)14-30-22-21(29)20(28)19(27)17(13-24)31-22/h10-11,15-17,19-22,24-25,27-29H,3-9,12-14H2,1-2H3,(H,23,26)/b11-10+. The quantitative estimate of drug-likeness (QED) is 0.156. The average Bonchev–Trinajstić information content (AvgIpc) is 2.76. The Hall–Kier alpha value is -1.07. The molecule has 0 spiro atoms. The lowest BCUT2D eigenvalue weighted by atomic mass is 9.99. The van der Waals surface area contributed by atoms with Gasteiger partial charge in [0.05, 0.1) is 25.4 Å². The van der Waals surface area contributed by atoms with E-state index in [0.29, 0.717) is 6.42 Å². The third-order valence-electron chi connectivity index (χ3n) is 5.36. The summed E-state index contributed by atoms with van der Waals surface area (Å²) < 4.78 is 10.9. The van der Waals surface area contributed by atoms with Gasteiger partial charge in [0.2, 0.25) is 5.91 Å². The highest BCUT2D eigenvalue weighted by Gasteiger charge is 2.44. The van der Waals surface area contributed by atoms with Crippen molar-refractivity contribution >= 4 is 5.91 Å². The zero-order valence-electron chi connectivity index (χ0n) is 18.7. The van der Waals surface area contributed by atoms with Crippen molar-refractivity contribution in [3.8, 4) is 0 Å². The van der Waals surface area contributed by atoms with Crippen LogP contribution in [0.2, 0.25) is 0 Å². The van der Waals surface area contributed by atoms with Crippen molar-refractivity contribution in [3.05, 3.63) is 12.2 Å². The number of carbonyl (C=O) groups is 1. The Labute approximate surface area is 185 Å². The van der Waals surface area contributed by atoms with Gasteiger partial charge in [-0.2, -0.15) is 0 Å². The molecule has 0 bridgehead atoms. The summed E-state index contributed by atoms with van der Waals surface area (Å²) >= 11 is 0. The van der Waals surface area contributed by atoms with Crippen LogP contribution in [-0.2, 0) is 14.3 Å². The lowest BCUT2D eigenvalue weighted by Crippen LogP contribution is -2.60. The molecular formula is C22H41NO8. The highest BCUT2D eigenvalue weighted by molar-refractivity contribution is 5.76. The molecule has 1 saturated heterocycles. The maximum Gasteiger partial charge on any atom is 0.220 e. The van der Waals surface area contributed by atoms with Crippen LogP contribution in [0, 0.1) is 0 Å². The molecule has 0 aromatic carbocycles. The van der Waals surface area contributed by atoms with Crippen LogP contribution >= 0.6 is 0 Å². The number of amides is 1. The second kappa shape index (κ2) is 15.7. The second-order valence-corrected chi connectivity index (χ2v) is 8.08. The van der Waals surface area contributed by atoms with Crippen LogP contribution in [0.3, 0.4) is 0 Å². The smallest absolute Gasteiger partial charge is 0.220 e. The molecule has 0 aliphatic carbocycles. The normalized spacial score (nSPS) is 28.5. The number of aliphatic hydroxyl groups excluding tert-OH is 5. The minimum absolute atomic E-state index is 0.192. The maximum absolute atomic E-state index is 12.3. The molecule has 9 heteroatoms. The van der Waals surface area contributed by atoms with Crippen molar-refractivity contribution in [3.63, 3.8) is 0 Å². The summed E-state index contributed by atoms with van der Waals surface area (Å²) in [6.07, 6.45) is 2.48. The van der Waals surface area contributed by atoms with E-state index in [1.165, 1.54) is 0 Å². The number of aliphatic hydroxyl groups is 5. The van der Waals surface area contributed by atoms with Gasteiger partial charge in [0.25, 0.3) is 0 Å². The van der Waals surface area contributed by atoms with E-state index in [-0.39, 0.29) is 12.5 Å². The lowest BCUT2D eigenvalue weighted by molar-refractivity contribution is -0.302. The van der Waals surface area contributed by atoms with Gasteiger partial charge in [-0.3, -0.25) is 4.79 Å². The van der Waals surface area contributed by atoms with E-state index in [9.17, 15) is 30.3 Å². The van der Waals surface area contributed by atoms with Crippen LogP contribution in [0.1, 0.15) is 65.2 Å². The van der Waals surface area contributed by atoms with Gasteiger partial charge in [-0.15, -0.1) is 0 Å². The topological polar surface area (TPSA) is 149 Å². The molecule has 7 unspecified atom stereocenters. The van der Waals surface area contributed by atoms with Crippen molar-refractivity contribution < 1.29 is 39.8 Å². The van der Waals surface area contributed by atoms with Crippen molar-refractivity contribution in [2.45, 2.75) is 108 Å². The maximum atomic E-state index is 12.3. The molecule has 7 atom stereocenters. The Balaban J connectivity index is 2.72. The molecule has 6 N–H and O–H groups in total. The molecule has 0 saturated carbocycles. The van der Waals surface area contributed by atoms with Gasteiger partial charge in [-0.05, 0) is 19.3 Å². The van der Waals surface area contributed by atoms with Gasteiger partial charge in [0, 0.05) is 6.42 Å². The van der Waals surface area contributed by atoms with Crippen LogP contribution in [0.4, 0.5) is 0 Å². The van der Waals surface area contributed by atoms with Crippen LogP contribution in [0.5, 0.6) is 0 Å². The Morgan fingerprint density at radius 1 is 1.06 bits per heavy atom. The third-order valence-corrected chi connectivity index (χ3v) is 5.36. The molecule has 9 nitrogen and oxygen atoms in total. The van der Waals surface area contributed by atoms with Gasteiger partial charge in [-0.1, -0.05) is 51.7 Å². The molecular weight excluding hydrogens is 406 g/mol. The van der Waals surface area contributed by atoms with E-state index in [1.54, 1.807) is 6.08 Å². The van der Waals surface area contributed by atoms with Crippen LogP contribution in [0.25, 0.3) is 0 Å². The zero-order chi connectivity index (χ0) is 23.2. The van der Waals surface area contributed by atoms with Crippen LogP contribution < -0.4 is 5.32 Å². The van der Waals surface area contributed by atoms with E-state index < -0.39 is 49.5 Å². The van der Waals surface area contributed by atoms with Crippen molar-refractivity contribution in [2.75, 3.05) is 13.2 Å². The van der Waals surface area contributed by atoms with Crippen molar-refractivity contribution in [1.82, 2.24) is 5.32 Å². The minimum atomic E-state index is -1.55. The summed E-state index contributed by atoms with van der Waals surface area (Å²) in [6.45, 7) is 3.40. The number of ether oxygens (including phenoxy) is 2. The molecule has 1 fully saturated rings. The Morgan fingerprint density at radius 3 is 2.39 bits per heavy atom. The molecule has 1 amide bonds. The Bertz CT molecular complexity index is 516. The molecule has 31 heavy (non-hydrogen) atoms. The molecule has 1 heterocycles. The SMILES string of the molecule is CCCCC/C=C/C(O)C(COC1OC(CO)C(O)C(O)C1O)NC(=O)CCCCC. The number of nitrogens with one attached hydrogen (secondary N) is 1. The fourth-order valence-corrected chi connectivity index (χ4v) is 3.33. The second-order valence-electron chi connectivity index (χ2n) is 8.08. The van der Waals surface area contributed by atoms with Crippen molar-refractivity contribution in [1.29, 1.82) is 0 Å². The van der Waals surface area contributed by atoms with Crippen molar-refractivity contribution in [2.24, 2.45) is 0 Å². The predicted octanol–water partition coefficient (Wildman–Crippen LogP) is 0.365. The molecule has 182 valence electrons. The monoisotopic (exact) mass is 447 g/mol. The zero-order valence-corrected chi connectivity index (χ0v) is 18.7. The summed E-state index contributed by atoms with van der Waals surface area (Å²) in [5.74, 6) is -0.214. The summed E-state index contributed by atoms with van der Waals surface area (Å²) in [7, 11) is 0. The average molecular weight is 448 g/mol. The van der Waals surface area contributed by atoms with E-state index in [1.807, 2.05) is 13.0 Å². The Kier molecular flexibility index (Phi) is 14.1. The lowest BCUT2D eigenvalue weighted by Gasteiger charge is -2.40.